The lowest BCUT2D eigenvalue weighted by Gasteiger charge is -2.33. The minimum Gasteiger partial charge on any atom is -0.468 e. The molecule has 100 valence electrons. The second-order valence-electron chi connectivity index (χ2n) is 4.81. The van der Waals surface area contributed by atoms with Crippen LogP contribution in [0.5, 0.6) is 0 Å². The van der Waals surface area contributed by atoms with Gasteiger partial charge >= 0.3 is 5.97 Å². The minimum atomic E-state index is -0.145. The van der Waals surface area contributed by atoms with Crippen molar-refractivity contribution in [3.8, 4) is 6.07 Å². The van der Waals surface area contributed by atoms with Crippen LogP contribution in [0, 0.1) is 11.3 Å². The van der Waals surface area contributed by atoms with E-state index in [0.717, 1.165) is 37.9 Å². The van der Waals surface area contributed by atoms with Gasteiger partial charge in [0.25, 0.3) is 0 Å². The first-order valence-electron chi connectivity index (χ1n) is 6.55. The molecule has 1 aromatic rings. The van der Waals surface area contributed by atoms with Crippen molar-refractivity contribution in [1.29, 1.82) is 5.26 Å². The quantitative estimate of drug-likeness (QED) is 0.779. The fourth-order valence-corrected chi connectivity index (χ4v) is 2.50. The van der Waals surface area contributed by atoms with E-state index in [4.69, 9.17) is 10.00 Å². The Hall–Kier alpha value is -1.86. The summed E-state index contributed by atoms with van der Waals surface area (Å²) in [6.07, 6.45) is 3.05. The van der Waals surface area contributed by atoms with Gasteiger partial charge < -0.3 is 4.74 Å². The number of carbonyl (C=O) groups is 1. The Morgan fingerprint density at radius 3 is 2.79 bits per heavy atom. The molecule has 1 heterocycles. The minimum absolute atomic E-state index is 0.130. The Morgan fingerprint density at radius 1 is 1.42 bits per heavy atom. The molecule has 0 N–H and O–H groups in total. The Balaban J connectivity index is 2.06. The number of rotatable bonds is 3. The third kappa shape index (κ3) is 3.33. The molecule has 0 aliphatic carbocycles. The van der Waals surface area contributed by atoms with E-state index < -0.39 is 0 Å². The van der Waals surface area contributed by atoms with Gasteiger partial charge in [0.2, 0.25) is 0 Å². The van der Waals surface area contributed by atoms with Crippen molar-refractivity contribution in [1.82, 2.24) is 4.90 Å². The zero-order valence-electron chi connectivity index (χ0n) is 11.1. The van der Waals surface area contributed by atoms with Crippen LogP contribution in [0.15, 0.2) is 24.3 Å². The van der Waals surface area contributed by atoms with Gasteiger partial charge in [-0.3, -0.25) is 9.69 Å². The monoisotopic (exact) mass is 258 g/mol. The van der Waals surface area contributed by atoms with E-state index in [1.54, 1.807) is 0 Å². The molecule has 4 nitrogen and oxygen atoms in total. The predicted octanol–water partition coefficient (Wildman–Crippen LogP) is 2.09. The summed E-state index contributed by atoms with van der Waals surface area (Å²) in [5.41, 5.74) is 1.78. The number of hydrogen-bond donors (Lipinski definition) is 0. The number of methoxy groups -OCH3 is 1. The van der Waals surface area contributed by atoms with Crippen LogP contribution in [0.1, 0.15) is 30.4 Å². The highest BCUT2D eigenvalue weighted by Gasteiger charge is 2.29. The van der Waals surface area contributed by atoms with Gasteiger partial charge in [0.05, 0.1) is 18.7 Å². The van der Waals surface area contributed by atoms with Crippen LogP contribution in [0.3, 0.4) is 0 Å². The van der Waals surface area contributed by atoms with Crippen molar-refractivity contribution in [2.45, 2.75) is 31.8 Å². The van der Waals surface area contributed by atoms with Crippen LogP contribution in [0.4, 0.5) is 0 Å². The molecule has 0 aromatic heterocycles. The largest absolute Gasteiger partial charge is 0.468 e. The molecule has 1 saturated heterocycles. The summed E-state index contributed by atoms with van der Waals surface area (Å²) in [4.78, 5) is 13.9. The Kier molecular flexibility index (Phi) is 4.53. The molecule has 1 aliphatic rings. The van der Waals surface area contributed by atoms with Gasteiger partial charge in [-0.25, -0.2) is 0 Å². The molecule has 0 radical (unpaired) electrons. The molecular formula is C15H18N2O2. The van der Waals surface area contributed by atoms with Gasteiger partial charge in [0, 0.05) is 6.54 Å². The maximum absolute atomic E-state index is 11.8. The number of likely N-dealkylation sites (tertiary alicyclic amines) is 1. The number of esters is 1. The molecule has 1 aliphatic heterocycles. The van der Waals surface area contributed by atoms with E-state index in [1.165, 1.54) is 7.11 Å². The Bertz CT molecular complexity index is 476. The topological polar surface area (TPSA) is 53.3 Å². The van der Waals surface area contributed by atoms with Crippen molar-refractivity contribution >= 4 is 5.97 Å². The number of nitrogens with zero attached hydrogens (tertiary/aromatic N) is 2. The Morgan fingerprint density at radius 2 is 2.16 bits per heavy atom. The van der Waals surface area contributed by atoms with Gasteiger partial charge in [0.15, 0.2) is 0 Å². The molecule has 1 aromatic carbocycles. The average molecular weight is 258 g/mol. The molecule has 2 rings (SSSR count). The highest BCUT2D eigenvalue weighted by Crippen LogP contribution is 2.20. The molecule has 4 heteroatoms. The van der Waals surface area contributed by atoms with E-state index >= 15 is 0 Å². The van der Waals surface area contributed by atoms with Crippen molar-refractivity contribution < 1.29 is 9.53 Å². The number of benzene rings is 1. The third-order valence-electron chi connectivity index (χ3n) is 3.56. The maximum atomic E-state index is 11.8. The molecule has 0 bridgehead atoms. The first kappa shape index (κ1) is 13.6. The zero-order valence-corrected chi connectivity index (χ0v) is 11.1. The van der Waals surface area contributed by atoms with E-state index in [0.29, 0.717) is 5.56 Å². The fourth-order valence-electron chi connectivity index (χ4n) is 2.50. The number of nitriles is 1. The van der Waals surface area contributed by atoms with E-state index in [2.05, 4.69) is 11.0 Å². The van der Waals surface area contributed by atoms with Gasteiger partial charge in [-0.05, 0) is 37.1 Å². The van der Waals surface area contributed by atoms with Crippen LogP contribution < -0.4 is 0 Å². The zero-order chi connectivity index (χ0) is 13.7. The second-order valence-corrected chi connectivity index (χ2v) is 4.81. The first-order chi connectivity index (χ1) is 9.24. The molecule has 0 amide bonds. The van der Waals surface area contributed by atoms with E-state index in [-0.39, 0.29) is 12.0 Å². The van der Waals surface area contributed by atoms with Crippen LogP contribution in [0.25, 0.3) is 0 Å². The number of piperidine rings is 1. The van der Waals surface area contributed by atoms with Crippen LogP contribution in [-0.4, -0.2) is 30.6 Å². The van der Waals surface area contributed by atoms with Crippen LogP contribution in [0.2, 0.25) is 0 Å². The van der Waals surface area contributed by atoms with Gasteiger partial charge in [0.1, 0.15) is 6.04 Å². The van der Waals surface area contributed by atoms with Crippen LogP contribution in [-0.2, 0) is 16.1 Å². The molecule has 1 fully saturated rings. The maximum Gasteiger partial charge on any atom is 0.323 e. The molecular weight excluding hydrogens is 240 g/mol. The average Bonchev–Trinajstić information content (AvgIpc) is 2.48. The van der Waals surface area contributed by atoms with E-state index in [9.17, 15) is 4.79 Å². The Labute approximate surface area is 113 Å². The van der Waals surface area contributed by atoms with Gasteiger partial charge in [-0.15, -0.1) is 0 Å². The van der Waals surface area contributed by atoms with Crippen molar-refractivity contribution in [2.75, 3.05) is 13.7 Å². The molecule has 1 unspecified atom stereocenters. The smallest absolute Gasteiger partial charge is 0.323 e. The summed E-state index contributed by atoms with van der Waals surface area (Å²) >= 11 is 0. The SMILES string of the molecule is COC(=O)C1CCCCN1Cc1ccc(C#N)cc1. The summed E-state index contributed by atoms with van der Waals surface area (Å²) in [7, 11) is 1.44. The molecule has 1 atom stereocenters. The molecule has 19 heavy (non-hydrogen) atoms. The highest BCUT2D eigenvalue weighted by molar-refractivity contribution is 5.75. The number of hydrogen-bond acceptors (Lipinski definition) is 4. The molecule has 0 saturated carbocycles. The summed E-state index contributed by atoms with van der Waals surface area (Å²) in [5.74, 6) is -0.145. The third-order valence-corrected chi connectivity index (χ3v) is 3.56. The first-order valence-corrected chi connectivity index (χ1v) is 6.55. The summed E-state index contributed by atoms with van der Waals surface area (Å²) in [5, 5.41) is 8.78. The van der Waals surface area contributed by atoms with Gasteiger partial charge in [-0.2, -0.15) is 5.26 Å². The number of carbonyl (C=O) groups excluding carboxylic acids is 1. The lowest BCUT2D eigenvalue weighted by Crippen LogP contribution is -2.44. The van der Waals surface area contributed by atoms with Gasteiger partial charge in [-0.1, -0.05) is 18.6 Å². The highest BCUT2D eigenvalue weighted by atomic mass is 16.5. The van der Waals surface area contributed by atoms with Crippen LogP contribution >= 0.6 is 0 Å². The summed E-state index contributed by atoms with van der Waals surface area (Å²) in [6.45, 7) is 1.64. The van der Waals surface area contributed by atoms with Crippen molar-refractivity contribution in [3.63, 3.8) is 0 Å². The summed E-state index contributed by atoms with van der Waals surface area (Å²) < 4.78 is 4.87. The lowest BCUT2D eigenvalue weighted by molar-refractivity contribution is -0.148. The number of ether oxygens (including phenoxy) is 1. The normalized spacial score (nSPS) is 19.7. The second kappa shape index (κ2) is 6.35. The lowest BCUT2D eigenvalue weighted by atomic mass is 10.0. The predicted molar refractivity (Wildman–Crippen MR) is 71.2 cm³/mol. The van der Waals surface area contributed by atoms with Crippen molar-refractivity contribution in [3.05, 3.63) is 35.4 Å². The van der Waals surface area contributed by atoms with E-state index in [1.807, 2.05) is 24.3 Å². The molecule has 0 spiro atoms. The summed E-state index contributed by atoms with van der Waals surface area (Å²) in [6, 6.07) is 9.49. The van der Waals surface area contributed by atoms with Crippen molar-refractivity contribution in [2.24, 2.45) is 0 Å². The fraction of sp³-hybridized carbons (Fsp3) is 0.467. The standard InChI is InChI=1S/C15H18N2O2/c1-19-15(18)14-4-2-3-9-17(14)11-13-7-5-12(10-16)6-8-13/h5-8,14H,2-4,9,11H2,1H3.